The van der Waals surface area contributed by atoms with Gasteiger partial charge in [0, 0.05) is 17.8 Å². The highest BCUT2D eigenvalue weighted by Crippen LogP contribution is 2.16. The summed E-state index contributed by atoms with van der Waals surface area (Å²) in [5.74, 6) is 0.361. The molecule has 0 fully saturated rings. The highest BCUT2D eigenvalue weighted by atomic mass is 19.1. The maximum Gasteiger partial charge on any atom is 0.247 e. The molecule has 0 radical (unpaired) electrons. The fourth-order valence-electron chi connectivity index (χ4n) is 1.80. The molecule has 2 heterocycles. The Morgan fingerprint density at radius 2 is 2.05 bits per heavy atom. The summed E-state index contributed by atoms with van der Waals surface area (Å²) in [6.07, 6.45) is 1.73. The fourth-order valence-corrected chi connectivity index (χ4v) is 1.80. The number of H-pyrrole nitrogens is 1. The number of rotatable bonds is 3. The second kappa shape index (κ2) is 5.08. The maximum absolute atomic E-state index is 13.5. The molecule has 1 N–H and O–H groups in total. The van der Waals surface area contributed by atoms with Gasteiger partial charge in [-0.2, -0.15) is 4.98 Å². The van der Waals surface area contributed by atoms with Crippen molar-refractivity contribution in [3.05, 3.63) is 70.2 Å². The van der Waals surface area contributed by atoms with Gasteiger partial charge in [-0.1, -0.05) is 23.4 Å². The summed E-state index contributed by atoms with van der Waals surface area (Å²) in [6.45, 7) is 0. The zero-order chi connectivity index (χ0) is 13.9. The van der Waals surface area contributed by atoms with Gasteiger partial charge in [0.15, 0.2) is 0 Å². The van der Waals surface area contributed by atoms with Crippen molar-refractivity contribution in [1.82, 2.24) is 15.1 Å². The van der Waals surface area contributed by atoms with Gasteiger partial charge in [-0.15, -0.1) is 0 Å². The van der Waals surface area contributed by atoms with E-state index in [1.807, 2.05) is 0 Å². The molecule has 0 saturated heterocycles. The van der Waals surface area contributed by atoms with Gasteiger partial charge in [-0.25, -0.2) is 4.39 Å². The molecule has 0 spiro atoms. The van der Waals surface area contributed by atoms with E-state index in [4.69, 9.17) is 4.52 Å². The zero-order valence-corrected chi connectivity index (χ0v) is 10.3. The van der Waals surface area contributed by atoms with Crippen LogP contribution in [0.15, 0.2) is 51.9 Å². The second-order valence-corrected chi connectivity index (χ2v) is 4.22. The lowest BCUT2D eigenvalue weighted by Gasteiger charge is -1.97. The van der Waals surface area contributed by atoms with E-state index in [1.54, 1.807) is 24.3 Å². The Balaban J connectivity index is 1.85. The number of aromatic amines is 1. The van der Waals surface area contributed by atoms with Crippen LogP contribution in [-0.4, -0.2) is 15.1 Å². The number of aromatic nitrogens is 3. The van der Waals surface area contributed by atoms with Gasteiger partial charge in [0.2, 0.25) is 17.3 Å². The highest BCUT2D eigenvalue weighted by Gasteiger charge is 2.11. The molecule has 0 atom stereocenters. The quantitative estimate of drug-likeness (QED) is 0.792. The Hall–Kier alpha value is -2.76. The Labute approximate surface area is 113 Å². The predicted molar refractivity (Wildman–Crippen MR) is 69.6 cm³/mol. The summed E-state index contributed by atoms with van der Waals surface area (Å²) >= 11 is 0. The molecule has 0 bridgehead atoms. The molecule has 5 nitrogen and oxygen atoms in total. The SMILES string of the molecule is O=c1ccc(-c2noc(Cc3ccccc3F)n2)c[nH]1. The number of hydrogen-bond acceptors (Lipinski definition) is 4. The van der Waals surface area contributed by atoms with Crippen molar-refractivity contribution in [3.63, 3.8) is 0 Å². The van der Waals surface area contributed by atoms with Gasteiger partial charge in [-0.3, -0.25) is 4.79 Å². The lowest BCUT2D eigenvalue weighted by molar-refractivity contribution is 0.384. The Kier molecular flexibility index (Phi) is 3.12. The van der Waals surface area contributed by atoms with E-state index in [9.17, 15) is 9.18 Å². The zero-order valence-electron chi connectivity index (χ0n) is 10.3. The highest BCUT2D eigenvalue weighted by molar-refractivity contribution is 5.51. The fraction of sp³-hybridized carbons (Fsp3) is 0.0714. The van der Waals surface area contributed by atoms with E-state index in [1.165, 1.54) is 18.3 Å². The molecule has 0 aliphatic heterocycles. The Bertz CT molecular complexity index is 774. The standard InChI is InChI=1S/C14H10FN3O2/c15-11-4-2-1-3-9(11)7-13-17-14(18-20-13)10-5-6-12(19)16-8-10/h1-6,8H,7H2,(H,16,19). The molecular weight excluding hydrogens is 261 g/mol. The summed E-state index contributed by atoms with van der Waals surface area (Å²) in [5, 5.41) is 3.81. The summed E-state index contributed by atoms with van der Waals surface area (Å²) < 4.78 is 18.6. The third kappa shape index (κ3) is 2.49. The van der Waals surface area contributed by atoms with E-state index in [0.29, 0.717) is 22.8 Å². The molecule has 6 heteroatoms. The van der Waals surface area contributed by atoms with Gasteiger partial charge < -0.3 is 9.51 Å². The molecular formula is C14H10FN3O2. The van der Waals surface area contributed by atoms with E-state index in [2.05, 4.69) is 15.1 Å². The normalized spacial score (nSPS) is 10.7. The topological polar surface area (TPSA) is 71.8 Å². The van der Waals surface area contributed by atoms with Crippen molar-refractivity contribution in [1.29, 1.82) is 0 Å². The second-order valence-electron chi connectivity index (χ2n) is 4.22. The average Bonchev–Trinajstić information content (AvgIpc) is 2.91. The number of hydrogen-bond donors (Lipinski definition) is 1. The van der Waals surface area contributed by atoms with Crippen LogP contribution in [0.2, 0.25) is 0 Å². The molecule has 3 rings (SSSR count). The van der Waals surface area contributed by atoms with Gasteiger partial charge in [-0.05, 0) is 17.7 Å². The first-order valence-corrected chi connectivity index (χ1v) is 5.97. The molecule has 0 saturated carbocycles. The van der Waals surface area contributed by atoms with E-state index < -0.39 is 0 Å². The monoisotopic (exact) mass is 271 g/mol. The molecule has 0 unspecified atom stereocenters. The third-order valence-electron chi connectivity index (χ3n) is 2.81. The summed E-state index contributed by atoms with van der Waals surface area (Å²) in [4.78, 5) is 17.7. The van der Waals surface area contributed by atoms with Crippen LogP contribution in [0.3, 0.4) is 0 Å². The number of nitrogens with zero attached hydrogens (tertiary/aromatic N) is 2. The van der Waals surface area contributed by atoms with Gasteiger partial charge in [0.25, 0.3) is 0 Å². The lowest BCUT2D eigenvalue weighted by atomic mass is 10.1. The number of pyridine rings is 1. The predicted octanol–water partition coefficient (Wildman–Crippen LogP) is 2.15. The molecule has 0 aliphatic rings. The van der Waals surface area contributed by atoms with Crippen molar-refractivity contribution in [2.45, 2.75) is 6.42 Å². The first kappa shape index (κ1) is 12.3. The van der Waals surface area contributed by atoms with Crippen LogP contribution >= 0.6 is 0 Å². The van der Waals surface area contributed by atoms with Crippen LogP contribution < -0.4 is 5.56 Å². The summed E-state index contributed by atoms with van der Waals surface area (Å²) in [5.41, 5.74) is 0.918. The van der Waals surface area contributed by atoms with Gasteiger partial charge in [0.1, 0.15) is 5.82 Å². The minimum absolute atomic E-state index is 0.205. The van der Waals surface area contributed by atoms with Crippen LogP contribution in [0.4, 0.5) is 4.39 Å². The largest absolute Gasteiger partial charge is 0.339 e. The van der Waals surface area contributed by atoms with Crippen molar-refractivity contribution in [2.24, 2.45) is 0 Å². The third-order valence-corrected chi connectivity index (χ3v) is 2.81. The molecule has 100 valence electrons. The Morgan fingerprint density at radius 3 is 2.80 bits per heavy atom. The van der Waals surface area contributed by atoms with E-state index in [-0.39, 0.29) is 17.8 Å². The molecule has 2 aromatic heterocycles. The Morgan fingerprint density at radius 1 is 1.20 bits per heavy atom. The minimum Gasteiger partial charge on any atom is -0.339 e. The van der Waals surface area contributed by atoms with Crippen LogP contribution in [-0.2, 0) is 6.42 Å². The van der Waals surface area contributed by atoms with Crippen molar-refractivity contribution in [2.75, 3.05) is 0 Å². The average molecular weight is 271 g/mol. The van der Waals surface area contributed by atoms with Gasteiger partial charge >= 0.3 is 0 Å². The van der Waals surface area contributed by atoms with Crippen molar-refractivity contribution >= 4 is 0 Å². The maximum atomic E-state index is 13.5. The molecule has 0 aliphatic carbocycles. The molecule has 0 amide bonds. The van der Waals surface area contributed by atoms with E-state index in [0.717, 1.165) is 0 Å². The minimum atomic E-state index is -0.309. The molecule has 1 aromatic carbocycles. The number of nitrogens with one attached hydrogen (secondary N) is 1. The summed E-state index contributed by atoms with van der Waals surface area (Å²) in [7, 11) is 0. The number of benzene rings is 1. The first-order valence-electron chi connectivity index (χ1n) is 5.97. The number of halogens is 1. The summed E-state index contributed by atoms with van der Waals surface area (Å²) in [6, 6.07) is 9.39. The van der Waals surface area contributed by atoms with Crippen LogP contribution in [0.1, 0.15) is 11.5 Å². The smallest absolute Gasteiger partial charge is 0.247 e. The lowest BCUT2D eigenvalue weighted by Crippen LogP contribution is -2.01. The van der Waals surface area contributed by atoms with Crippen LogP contribution in [0.25, 0.3) is 11.4 Å². The van der Waals surface area contributed by atoms with Gasteiger partial charge in [0.05, 0.1) is 6.42 Å². The van der Waals surface area contributed by atoms with E-state index >= 15 is 0 Å². The molecule has 20 heavy (non-hydrogen) atoms. The van der Waals surface area contributed by atoms with Crippen LogP contribution in [0, 0.1) is 5.82 Å². The first-order chi connectivity index (χ1) is 9.72. The molecule has 3 aromatic rings. The van der Waals surface area contributed by atoms with Crippen molar-refractivity contribution in [3.8, 4) is 11.4 Å². The van der Waals surface area contributed by atoms with Crippen LogP contribution in [0.5, 0.6) is 0 Å². The van der Waals surface area contributed by atoms with Crippen molar-refractivity contribution < 1.29 is 8.91 Å².